The number of hydrogen-bond donors (Lipinski definition) is 1. The van der Waals surface area contributed by atoms with Gasteiger partial charge in [0.25, 0.3) is 5.91 Å². The highest BCUT2D eigenvalue weighted by molar-refractivity contribution is 7.21. The Morgan fingerprint density at radius 3 is 2.52 bits per heavy atom. The zero-order chi connectivity index (χ0) is 18.0. The summed E-state index contributed by atoms with van der Waals surface area (Å²) in [5.41, 5.74) is 0.879. The molecule has 0 bridgehead atoms. The van der Waals surface area contributed by atoms with Crippen LogP contribution in [-0.4, -0.2) is 18.5 Å². The van der Waals surface area contributed by atoms with E-state index in [0.717, 1.165) is 11.3 Å². The molecule has 4 nitrogen and oxygen atoms in total. The van der Waals surface area contributed by atoms with Gasteiger partial charge in [0.1, 0.15) is 16.5 Å². The topological polar surface area (TPSA) is 55.4 Å². The Morgan fingerprint density at radius 1 is 1.12 bits per heavy atom. The Balaban J connectivity index is 1.66. The molecule has 128 valence electrons. The standard InChI is InChI=1S/C18H13F2NO3S/c1-10-16-13(20)3-2-4-14(16)25-17(10)18(23)24-9-15(22)21-12-7-5-11(19)6-8-12/h2-8H,9H2,1H3,(H,21,22). The van der Waals surface area contributed by atoms with Gasteiger partial charge >= 0.3 is 5.97 Å². The van der Waals surface area contributed by atoms with Crippen LogP contribution in [0.1, 0.15) is 15.2 Å². The van der Waals surface area contributed by atoms with Crippen LogP contribution in [0.2, 0.25) is 0 Å². The lowest BCUT2D eigenvalue weighted by Crippen LogP contribution is -2.20. The minimum atomic E-state index is -0.688. The van der Waals surface area contributed by atoms with Crippen molar-refractivity contribution >= 4 is 39.0 Å². The molecule has 3 aromatic rings. The zero-order valence-corrected chi connectivity index (χ0v) is 14.0. The molecule has 0 fully saturated rings. The monoisotopic (exact) mass is 361 g/mol. The molecule has 2 aromatic carbocycles. The number of nitrogens with one attached hydrogen (secondary N) is 1. The molecule has 1 amide bonds. The Morgan fingerprint density at radius 2 is 1.84 bits per heavy atom. The van der Waals surface area contributed by atoms with Crippen LogP contribution >= 0.6 is 11.3 Å². The summed E-state index contributed by atoms with van der Waals surface area (Å²) in [7, 11) is 0. The molecule has 3 rings (SSSR count). The number of carbonyl (C=O) groups is 2. The van der Waals surface area contributed by atoms with Crippen molar-refractivity contribution in [2.24, 2.45) is 0 Å². The van der Waals surface area contributed by atoms with E-state index in [9.17, 15) is 18.4 Å². The van der Waals surface area contributed by atoms with Crippen molar-refractivity contribution in [1.82, 2.24) is 0 Å². The third-order valence-corrected chi connectivity index (χ3v) is 4.79. The SMILES string of the molecule is Cc1c(C(=O)OCC(=O)Nc2ccc(F)cc2)sc2cccc(F)c12. The van der Waals surface area contributed by atoms with Gasteiger partial charge in [-0.05, 0) is 48.9 Å². The van der Waals surface area contributed by atoms with E-state index in [2.05, 4.69) is 5.32 Å². The van der Waals surface area contributed by atoms with E-state index in [1.54, 1.807) is 19.1 Å². The lowest BCUT2D eigenvalue weighted by molar-refractivity contribution is -0.119. The normalized spacial score (nSPS) is 10.7. The summed E-state index contributed by atoms with van der Waals surface area (Å²) in [6.07, 6.45) is 0. The molecule has 0 saturated heterocycles. The summed E-state index contributed by atoms with van der Waals surface area (Å²) in [6.45, 7) is 1.14. The quantitative estimate of drug-likeness (QED) is 0.706. The van der Waals surface area contributed by atoms with Crippen LogP contribution in [0.15, 0.2) is 42.5 Å². The van der Waals surface area contributed by atoms with Crippen LogP contribution in [0.5, 0.6) is 0 Å². The Hall–Kier alpha value is -2.80. The number of rotatable bonds is 4. The molecule has 0 spiro atoms. The lowest BCUT2D eigenvalue weighted by Gasteiger charge is -2.06. The van der Waals surface area contributed by atoms with Crippen molar-refractivity contribution in [1.29, 1.82) is 0 Å². The smallest absolute Gasteiger partial charge is 0.349 e. The van der Waals surface area contributed by atoms with Crippen LogP contribution in [0, 0.1) is 18.6 Å². The first-order valence-corrected chi connectivity index (χ1v) is 8.17. The van der Waals surface area contributed by atoms with E-state index in [1.165, 1.54) is 30.3 Å². The number of carbonyl (C=O) groups excluding carboxylic acids is 2. The van der Waals surface area contributed by atoms with E-state index >= 15 is 0 Å². The zero-order valence-electron chi connectivity index (χ0n) is 13.1. The van der Waals surface area contributed by atoms with Gasteiger partial charge in [-0.3, -0.25) is 4.79 Å². The predicted molar refractivity (Wildman–Crippen MR) is 91.8 cm³/mol. The number of thiophene rings is 1. The molecule has 1 heterocycles. The molecule has 0 unspecified atom stereocenters. The minimum absolute atomic E-state index is 0.259. The fourth-order valence-corrected chi connectivity index (χ4v) is 3.49. The van der Waals surface area contributed by atoms with Crippen molar-refractivity contribution in [3.05, 3.63) is 64.5 Å². The number of anilines is 1. The van der Waals surface area contributed by atoms with Crippen molar-refractivity contribution in [2.45, 2.75) is 6.92 Å². The van der Waals surface area contributed by atoms with Crippen LogP contribution in [0.3, 0.4) is 0 Å². The Kier molecular flexibility index (Phi) is 4.76. The first-order chi connectivity index (χ1) is 12.0. The number of hydrogen-bond acceptors (Lipinski definition) is 4. The fourth-order valence-electron chi connectivity index (χ4n) is 2.38. The maximum absolute atomic E-state index is 13.9. The van der Waals surface area contributed by atoms with Gasteiger partial charge in [0, 0.05) is 15.8 Å². The number of ether oxygens (including phenoxy) is 1. The van der Waals surface area contributed by atoms with Crippen molar-refractivity contribution in [3.8, 4) is 0 Å². The molecule has 7 heteroatoms. The van der Waals surface area contributed by atoms with Crippen LogP contribution in [0.25, 0.3) is 10.1 Å². The third kappa shape index (κ3) is 3.66. The maximum atomic E-state index is 13.9. The summed E-state index contributed by atoms with van der Waals surface area (Å²) in [4.78, 5) is 24.2. The maximum Gasteiger partial charge on any atom is 0.349 e. The highest BCUT2D eigenvalue weighted by atomic mass is 32.1. The van der Waals surface area contributed by atoms with Gasteiger partial charge in [0.15, 0.2) is 6.61 Å². The summed E-state index contributed by atoms with van der Waals surface area (Å²) in [5.74, 6) is -2.06. The third-order valence-electron chi connectivity index (χ3n) is 3.55. The number of aryl methyl sites for hydroxylation is 1. The second-order valence-corrected chi connectivity index (χ2v) is 6.35. The molecule has 1 N–H and O–H groups in total. The lowest BCUT2D eigenvalue weighted by atomic mass is 10.1. The molecule has 0 aliphatic heterocycles. The first-order valence-electron chi connectivity index (χ1n) is 7.36. The Labute approximate surface area is 146 Å². The average molecular weight is 361 g/mol. The number of halogens is 2. The minimum Gasteiger partial charge on any atom is -0.451 e. The number of fused-ring (bicyclic) bond motifs is 1. The van der Waals surface area contributed by atoms with Gasteiger partial charge in [-0.25, -0.2) is 13.6 Å². The molecule has 0 aliphatic carbocycles. The van der Waals surface area contributed by atoms with Gasteiger partial charge < -0.3 is 10.1 Å². The van der Waals surface area contributed by atoms with Crippen LogP contribution in [0.4, 0.5) is 14.5 Å². The predicted octanol–water partition coefficient (Wildman–Crippen LogP) is 4.28. The highest BCUT2D eigenvalue weighted by Crippen LogP contribution is 2.32. The Bertz CT molecular complexity index is 951. The molecular formula is C18H13F2NO3S. The largest absolute Gasteiger partial charge is 0.451 e. The van der Waals surface area contributed by atoms with Crippen LogP contribution < -0.4 is 5.32 Å². The number of amides is 1. The van der Waals surface area contributed by atoms with Gasteiger partial charge in [0.05, 0.1) is 0 Å². The van der Waals surface area contributed by atoms with E-state index in [1.807, 2.05) is 0 Å². The molecule has 0 atom stereocenters. The molecule has 0 radical (unpaired) electrons. The van der Waals surface area contributed by atoms with E-state index < -0.39 is 30.1 Å². The van der Waals surface area contributed by atoms with E-state index in [0.29, 0.717) is 21.3 Å². The first kappa shape index (κ1) is 17.0. The summed E-state index contributed by atoms with van der Waals surface area (Å²) in [6, 6.07) is 9.82. The average Bonchev–Trinajstić information content (AvgIpc) is 2.93. The van der Waals surface area contributed by atoms with Gasteiger partial charge in [-0.15, -0.1) is 11.3 Å². The summed E-state index contributed by atoms with van der Waals surface area (Å²) in [5, 5.41) is 2.87. The van der Waals surface area contributed by atoms with Crippen molar-refractivity contribution in [3.63, 3.8) is 0 Å². The molecule has 0 aliphatic rings. The second-order valence-electron chi connectivity index (χ2n) is 5.30. The molecule has 1 aromatic heterocycles. The van der Waals surface area contributed by atoms with Crippen molar-refractivity contribution in [2.75, 3.05) is 11.9 Å². The highest BCUT2D eigenvalue weighted by Gasteiger charge is 2.19. The molecular weight excluding hydrogens is 348 g/mol. The summed E-state index contributed by atoms with van der Waals surface area (Å²) < 4.78 is 32.3. The summed E-state index contributed by atoms with van der Waals surface area (Å²) >= 11 is 1.12. The number of benzene rings is 2. The van der Waals surface area contributed by atoms with Gasteiger partial charge in [-0.2, -0.15) is 0 Å². The molecule has 25 heavy (non-hydrogen) atoms. The van der Waals surface area contributed by atoms with Gasteiger partial charge in [-0.1, -0.05) is 6.07 Å². The van der Waals surface area contributed by atoms with E-state index in [4.69, 9.17) is 4.74 Å². The second kappa shape index (κ2) is 6.98. The van der Waals surface area contributed by atoms with Gasteiger partial charge in [0.2, 0.25) is 0 Å². The van der Waals surface area contributed by atoms with E-state index in [-0.39, 0.29) is 4.88 Å². The fraction of sp³-hybridized carbons (Fsp3) is 0.111. The van der Waals surface area contributed by atoms with Crippen molar-refractivity contribution < 1.29 is 23.1 Å². The molecule has 0 saturated carbocycles. The number of esters is 1. The van der Waals surface area contributed by atoms with Crippen LogP contribution in [-0.2, 0) is 9.53 Å².